The maximum atomic E-state index is 11.9. The van der Waals surface area contributed by atoms with E-state index >= 15 is 0 Å². The molecule has 5 nitrogen and oxygen atoms in total. The Bertz CT molecular complexity index is 442. The Balaban J connectivity index is 1.87. The Hall–Kier alpha value is -1.59. The lowest BCUT2D eigenvalue weighted by molar-refractivity contribution is -0.121. The molecule has 0 bridgehead atoms. The maximum absolute atomic E-state index is 11.9. The van der Waals surface area contributed by atoms with Gasteiger partial charge >= 0.3 is 0 Å². The molecule has 1 heterocycles. The number of nitrogens with one attached hydrogen (secondary N) is 2. The molecule has 1 fully saturated rings. The summed E-state index contributed by atoms with van der Waals surface area (Å²) < 4.78 is 5.20. The molecule has 5 heteroatoms. The highest BCUT2D eigenvalue weighted by Gasteiger charge is 2.31. The first-order chi connectivity index (χ1) is 9.13. The third-order valence-electron chi connectivity index (χ3n) is 3.38. The molecule has 1 unspecified atom stereocenters. The summed E-state index contributed by atoms with van der Waals surface area (Å²) in [6.45, 7) is 1.61. The van der Waals surface area contributed by atoms with Gasteiger partial charge in [-0.2, -0.15) is 0 Å². The Labute approximate surface area is 113 Å². The maximum Gasteiger partial charge on any atom is 0.224 e. The van der Waals surface area contributed by atoms with E-state index in [0.717, 1.165) is 12.1 Å². The molecule has 0 aromatic heterocycles. The second-order valence-electron chi connectivity index (χ2n) is 4.92. The number of carbonyl (C=O) groups is 1. The number of rotatable bonds is 5. The van der Waals surface area contributed by atoms with Crippen molar-refractivity contribution >= 4 is 5.91 Å². The molecule has 1 aromatic carbocycles. The number of amides is 1. The molecule has 1 saturated heterocycles. The summed E-state index contributed by atoms with van der Waals surface area (Å²) in [6.07, 6.45) is 0.926. The molecule has 1 aromatic rings. The van der Waals surface area contributed by atoms with Crippen molar-refractivity contribution < 1.29 is 14.6 Å². The van der Waals surface area contributed by atoms with Gasteiger partial charge in [0.25, 0.3) is 0 Å². The van der Waals surface area contributed by atoms with Crippen molar-refractivity contribution in [1.29, 1.82) is 0 Å². The Kier molecular flexibility index (Phi) is 4.39. The first-order valence-electron chi connectivity index (χ1n) is 6.45. The Morgan fingerprint density at radius 3 is 3.00 bits per heavy atom. The SMILES string of the molecule is COc1ccccc1CC(=O)NCC1(O)CCNC1. The summed E-state index contributed by atoms with van der Waals surface area (Å²) in [5.74, 6) is 0.601. The number of aliphatic hydroxyl groups is 1. The summed E-state index contributed by atoms with van der Waals surface area (Å²) in [6, 6.07) is 7.44. The molecule has 104 valence electrons. The minimum absolute atomic E-state index is 0.107. The van der Waals surface area contributed by atoms with Crippen LogP contribution in [0, 0.1) is 0 Å². The van der Waals surface area contributed by atoms with E-state index in [1.165, 1.54) is 0 Å². The molecule has 0 saturated carbocycles. The minimum atomic E-state index is -0.809. The van der Waals surface area contributed by atoms with Gasteiger partial charge in [0, 0.05) is 18.7 Å². The van der Waals surface area contributed by atoms with Crippen LogP contribution in [0.15, 0.2) is 24.3 Å². The van der Waals surface area contributed by atoms with Crippen molar-refractivity contribution in [2.45, 2.75) is 18.4 Å². The zero-order chi connectivity index (χ0) is 13.7. The van der Waals surface area contributed by atoms with Crippen molar-refractivity contribution in [2.75, 3.05) is 26.7 Å². The number of benzene rings is 1. The molecule has 1 aliphatic rings. The monoisotopic (exact) mass is 264 g/mol. The number of hydrogen-bond acceptors (Lipinski definition) is 4. The molecule has 3 N–H and O–H groups in total. The van der Waals surface area contributed by atoms with Crippen LogP contribution in [-0.4, -0.2) is 43.4 Å². The standard InChI is InChI=1S/C14H20N2O3/c1-19-12-5-3-2-4-11(12)8-13(17)16-10-14(18)6-7-15-9-14/h2-5,15,18H,6-10H2,1H3,(H,16,17). The van der Waals surface area contributed by atoms with Crippen molar-refractivity contribution in [3.05, 3.63) is 29.8 Å². The molecule has 0 radical (unpaired) electrons. The molecule has 1 atom stereocenters. The van der Waals surface area contributed by atoms with Crippen LogP contribution in [-0.2, 0) is 11.2 Å². The lowest BCUT2D eigenvalue weighted by Crippen LogP contribution is -2.44. The van der Waals surface area contributed by atoms with Gasteiger partial charge in [0.2, 0.25) is 5.91 Å². The van der Waals surface area contributed by atoms with Crippen LogP contribution in [0.5, 0.6) is 5.75 Å². The summed E-state index contributed by atoms with van der Waals surface area (Å²) in [4.78, 5) is 11.9. The Morgan fingerprint density at radius 1 is 1.53 bits per heavy atom. The minimum Gasteiger partial charge on any atom is -0.496 e. The number of methoxy groups -OCH3 is 1. The van der Waals surface area contributed by atoms with Crippen LogP contribution in [0.2, 0.25) is 0 Å². The van der Waals surface area contributed by atoms with Crippen LogP contribution in [0.1, 0.15) is 12.0 Å². The fraction of sp³-hybridized carbons (Fsp3) is 0.500. The second kappa shape index (κ2) is 6.04. The van der Waals surface area contributed by atoms with Crippen molar-refractivity contribution in [1.82, 2.24) is 10.6 Å². The second-order valence-corrected chi connectivity index (χ2v) is 4.92. The van der Waals surface area contributed by atoms with E-state index in [1.54, 1.807) is 7.11 Å². The molecule has 1 amide bonds. The quantitative estimate of drug-likeness (QED) is 0.704. The van der Waals surface area contributed by atoms with Gasteiger partial charge in [0.1, 0.15) is 5.75 Å². The van der Waals surface area contributed by atoms with E-state index in [4.69, 9.17) is 4.74 Å². The lowest BCUT2D eigenvalue weighted by atomic mass is 10.0. The van der Waals surface area contributed by atoms with Crippen LogP contribution >= 0.6 is 0 Å². The number of carbonyl (C=O) groups excluding carboxylic acids is 1. The van der Waals surface area contributed by atoms with E-state index in [2.05, 4.69) is 10.6 Å². The zero-order valence-electron chi connectivity index (χ0n) is 11.1. The number of para-hydroxylation sites is 1. The number of ether oxygens (including phenoxy) is 1. The molecule has 19 heavy (non-hydrogen) atoms. The number of β-amino-alcohol motifs (C(OH)–C–C–N with tert-alkyl or cyclic N) is 1. The molecular weight excluding hydrogens is 244 g/mol. The van der Waals surface area contributed by atoms with Gasteiger partial charge in [0.05, 0.1) is 19.1 Å². The van der Waals surface area contributed by atoms with E-state index in [-0.39, 0.29) is 18.9 Å². The molecular formula is C14H20N2O3. The van der Waals surface area contributed by atoms with Crippen LogP contribution in [0.25, 0.3) is 0 Å². The first-order valence-corrected chi connectivity index (χ1v) is 6.45. The molecule has 1 aliphatic heterocycles. The van der Waals surface area contributed by atoms with Crippen molar-refractivity contribution in [3.8, 4) is 5.75 Å². The third-order valence-corrected chi connectivity index (χ3v) is 3.38. The van der Waals surface area contributed by atoms with Gasteiger partial charge in [-0.15, -0.1) is 0 Å². The van der Waals surface area contributed by atoms with Crippen LogP contribution in [0.4, 0.5) is 0 Å². The van der Waals surface area contributed by atoms with Gasteiger partial charge in [-0.1, -0.05) is 18.2 Å². The van der Waals surface area contributed by atoms with Gasteiger partial charge in [0.15, 0.2) is 0 Å². The van der Waals surface area contributed by atoms with Gasteiger partial charge in [-0.3, -0.25) is 4.79 Å². The fourth-order valence-electron chi connectivity index (χ4n) is 2.23. The van der Waals surface area contributed by atoms with E-state index in [1.807, 2.05) is 24.3 Å². The van der Waals surface area contributed by atoms with Crippen LogP contribution < -0.4 is 15.4 Å². The lowest BCUT2D eigenvalue weighted by Gasteiger charge is -2.21. The smallest absolute Gasteiger partial charge is 0.224 e. The average molecular weight is 264 g/mol. The molecule has 0 spiro atoms. The normalized spacial score (nSPS) is 22.2. The fourth-order valence-corrected chi connectivity index (χ4v) is 2.23. The van der Waals surface area contributed by atoms with E-state index < -0.39 is 5.60 Å². The van der Waals surface area contributed by atoms with Crippen molar-refractivity contribution in [2.24, 2.45) is 0 Å². The summed E-state index contributed by atoms with van der Waals surface area (Å²) in [7, 11) is 1.59. The predicted molar refractivity (Wildman–Crippen MR) is 72.1 cm³/mol. The summed E-state index contributed by atoms with van der Waals surface area (Å²) in [5, 5.41) is 16.0. The predicted octanol–water partition coefficient (Wildman–Crippen LogP) is 0.0783. The Morgan fingerprint density at radius 2 is 2.32 bits per heavy atom. The highest BCUT2D eigenvalue weighted by molar-refractivity contribution is 5.79. The topological polar surface area (TPSA) is 70.6 Å². The van der Waals surface area contributed by atoms with E-state index in [9.17, 15) is 9.90 Å². The average Bonchev–Trinajstić information content (AvgIpc) is 2.85. The van der Waals surface area contributed by atoms with Gasteiger partial charge in [-0.25, -0.2) is 0 Å². The van der Waals surface area contributed by atoms with E-state index in [0.29, 0.717) is 18.7 Å². The highest BCUT2D eigenvalue weighted by atomic mass is 16.5. The summed E-state index contributed by atoms with van der Waals surface area (Å²) in [5.41, 5.74) is 0.0372. The largest absolute Gasteiger partial charge is 0.496 e. The first kappa shape index (κ1) is 13.8. The van der Waals surface area contributed by atoms with Crippen molar-refractivity contribution in [3.63, 3.8) is 0 Å². The molecule has 2 rings (SSSR count). The highest BCUT2D eigenvalue weighted by Crippen LogP contribution is 2.18. The summed E-state index contributed by atoms with van der Waals surface area (Å²) >= 11 is 0. The van der Waals surface area contributed by atoms with Crippen LogP contribution in [0.3, 0.4) is 0 Å². The molecule has 0 aliphatic carbocycles. The number of hydrogen-bond donors (Lipinski definition) is 3. The van der Waals surface area contributed by atoms with Gasteiger partial charge in [-0.05, 0) is 19.0 Å². The zero-order valence-corrected chi connectivity index (χ0v) is 11.1. The third kappa shape index (κ3) is 3.68. The van der Waals surface area contributed by atoms with Gasteiger partial charge < -0.3 is 20.5 Å².